The molecule has 107 heavy (non-hydrogen) atoms. The predicted molar refractivity (Wildman–Crippen MR) is 441 cm³/mol. The van der Waals surface area contributed by atoms with Crippen LogP contribution < -0.4 is 0 Å². The van der Waals surface area contributed by atoms with Crippen molar-refractivity contribution in [3.05, 3.63) is 0 Å². The molecule has 3 unspecified atom stereocenters. The molecule has 0 fully saturated rings. The Morgan fingerprint density at radius 3 is 0.710 bits per heavy atom. The van der Waals surface area contributed by atoms with E-state index in [1.54, 1.807) is 0 Å². The lowest BCUT2D eigenvalue weighted by Crippen LogP contribution is -2.30. The number of carbonyl (C=O) groups excluding carboxylic acids is 4. The number of unbranched alkanes of at least 4 members (excludes halogenated alkanes) is 53. The molecule has 0 radical (unpaired) electrons. The zero-order chi connectivity index (χ0) is 78.6. The Morgan fingerprint density at radius 1 is 0.271 bits per heavy atom. The SMILES string of the molecule is CCCCCCCCCCCCCCCCCC(=O)O[C@H](COC(=O)CCCCCCCCCCCC(C)C)COP(=O)(O)OC[C@H](O)COP(=O)(O)OC[C@@H](COC(=O)CCCCCCCCCCCCCCCCCC(C)C)OC(=O)CCCCCCCCCCCCCCCCCCCCC(C)CC. The Labute approximate surface area is 658 Å². The number of rotatable bonds is 86. The summed E-state index contributed by atoms with van der Waals surface area (Å²) in [5, 5.41) is 10.7. The number of hydrogen-bond acceptors (Lipinski definition) is 15. The Kier molecular flexibility index (Phi) is 76.6. The maximum Gasteiger partial charge on any atom is 0.472 e. The molecule has 0 aliphatic heterocycles. The molecule has 636 valence electrons. The van der Waals surface area contributed by atoms with Crippen LogP contribution in [0.5, 0.6) is 0 Å². The molecule has 0 saturated heterocycles. The largest absolute Gasteiger partial charge is 0.472 e. The molecule has 3 N–H and O–H groups in total. The molecular formula is C88H172O17P2. The molecule has 0 aromatic carbocycles. The van der Waals surface area contributed by atoms with Gasteiger partial charge in [-0.05, 0) is 43.4 Å². The highest BCUT2D eigenvalue weighted by atomic mass is 31.2. The molecule has 0 aromatic heterocycles. The average molecular weight is 1560 g/mol. The summed E-state index contributed by atoms with van der Waals surface area (Å²) in [6, 6.07) is 0. The first-order chi connectivity index (χ1) is 51.8. The van der Waals surface area contributed by atoms with Gasteiger partial charge < -0.3 is 33.8 Å². The summed E-state index contributed by atoms with van der Waals surface area (Å²) < 4.78 is 69.0. The van der Waals surface area contributed by atoms with Crippen LogP contribution in [0.1, 0.15) is 466 Å². The van der Waals surface area contributed by atoms with E-state index in [-0.39, 0.29) is 25.7 Å². The molecule has 0 amide bonds. The molecule has 0 heterocycles. The average Bonchev–Trinajstić information content (AvgIpc) is 0.906. The molecule has 0 saturated carbocycles. The Bertz CT molecular complexity index is 2060. The van der Waals surface area contributed by atoms with Crippen molar-refractivity contribution in [1.82, 2.24) is 0 Å². The van der Waals surface area contributed by atoms with Crippen LogP contribution in [0.4, 0.5) is 0 Å². The molecule has 0 bridgehead atoms. The molecule has 0 aliphatic rings. The summed E-state index contributed by atoms with van der Waals surface area (Å²) in [5.41, 5.74) is 0. The van der Waals surface area contributed by atoms with Gasteiger partial charge >= 0.3 is 39.5 Å². The van der Waals surface area contributed by atoms with Crippen LogP contribution in [-0.2, 0) is 65.4 Å². The minimum atomic E-state index is -4.97. The molecule has 0 rings (SSSR count). The predicted octanol–water partition coefficient (Wildman–Crippen LogP) is 26.9. The fourth-order valence-corrected chi connectivity index (χ4v) is 15.3. The fraction of sp³-hybridized carbons (Fsp3) is 0.955. The third-order valence-corrected chi connectivity index (χ3v) is 22.9. The van der Waals surface area contributed by atoms with E-state index >= 15 is 0 Å². The first-order valence-corrected chi connectivity index (χ1v) is 48.4. The molecule has 0 spiro atoms. The van der Waals surface area contributed by atoms with Crippen molar-refractivity contribution in [1.29, 1.82) is 0 Å². The third kappa shape index (κ3) is 80.5. The van der Waals surface area contributed by atoms with E-state index in [9.17, 15) is 43.2 Å². The van der Waals surface area contributed by atoms with E-state index < -0.39 is 97.5 Å². The van der Waals surface area contributed by atoms with Crippen LogP contribution in [0.3, 0.4) is 0 Å². The second kappa shape index (κ2) is 78.0. The molecule has 19 heteroatoms. The molecule has 17 nitrogen and oxygen atoms in total. The number of phosphoric acid groups is 2. The topological polar surface area (TPSA) is 237 Å². The monoisotopic (exact) mass is 1560 g/mol. The van der Waals surface area contributed by atoms with Crippen LogP contribution in [-0.4, -0.2) is 96.7 Å². The standard InChI is InChI=1S/C88H172O17P2/c1-8-10-11-12-13-14-15-16-22-30-35-42-50-57-64-71-87(92)105-84(76-99-86(91)70-63-56-49-44-37-39-46-53-60-67-80(5)6)78-103-107(96,97)101-74-82(89)73-100-106(94,95)102-77-83(75-98-85(90)69-62-55-48-41-34-29-26-21-23-27-32-38-45-52-59-66-79(3)4)104-88(93)72-65-58-51-43-36-31-25-20-18-17-19-24-28-33-40-47-54-61-68-81(7)9-2/h79-84,89H,8-78H2,1-7H3,(H,94,95)(H,96,97)/t81?,82-,83-,84-/m1/s1. The van der Waals surface area contributed by atoms with Crippen molar-refractivity contribution in [3.63, 3.8) is 0 Å². The van der Waals surface area contributed by atoms with Gasteiger partial charge in [0.15, 0.2) is 12.2 Å². The number of ether oxygens (including phenoxy) is 4. The first-order valence-electron chi connectivity index (χ1n) is 45.4. The Hall–Kier alpha value is -1.94. The van der Waals surface area contributed by atoms with Crippen molar-refractivity contribution in [2.75, 3.05) is 39.6 Å². The summed E-state index contributed by atoms with van der Waals surface area (Å²) in [6.45, 7) is 12.1. The van der Waals surface area contributed by atoms with Gasteiger partial charge in [-0.3, -0.25) is 37.3 Å². The Morgan fingerprint density at radius 2 is 0.477 bits per heavy atom. The maximum absolute atomic E-state index is 13.2. The first kappa shape index (κ1) is 105. The van der Waals surface area contributed by atoms with Gasteiger partial charge in [0, 0.05) is 25.7 Å². The smallest absolute Gasteiger partial charge is 0.462 e. The van der Waals surface area contributed by atoms with E-state index in [0.29, 0.717) is 25.7 Å². The summed E-state index contributed by atoms with van der Waals surface area (Å²) in [7, 11) is -9.93. The number of hydrogen-bond donors (Lipinski definition) is 3. The van der Waals surface area contributed by atoms with Crippen LogP contribution in [0.25, 0.3) is 0 Å². The summed E-state index contributed by atoms with van der Waals surface area (Å²) in [4.78, 5) is 73.3. The number of carbonyl (C=O) groups is 4. The minimum absolute atomic E-state index is 0.108. The van der Waals surface area contributed by atoms with Crippen molar-refractivity contribution < 1.29 is 80.2 Å². The highest BCUT2D eigenvalue weighted by Crippen LogP contribution is 2.45. The molecule has 0 aromatic rings. The van der Waals surface area contributed by atoms with E-state index in [4.69, 9.17) is 37.0 Å². The highest BCUT2D eigenvalue weighted by Gasteiger charge is 2.31. The van der Waals surface area contributed by atoms with Crippen LogP contribution in [0, 0.1) is 17.8 Å². The van der Waals surface area contributed by atoms with Crippen LogP contribution in [0.2, 0.25) is 0 Å². The number of phosphoric ester groups is 2. The van der Waals surface area contributed by atoms with Crippen molar-refractivity contribution in [2.45, 2.75) is 484 Å². The van der Waals surface area contributed by atoms with Gasteiger partial charge in [-0.1, -0.05) is 414 Å². The fourth-order valence-electron chi connectivity index (χ4n) is 13.7. The summed E-state index contributed by atoms with van der Waals surface area (Å²) in [6.07, 6.45) is 69.4. The van der Waals surface area contributed by atoms with Gasteiger partial charge in [-0.15, -0.1) is 0 Å². The van der Waals surface area contributed by atoms with Gasteiger partial charge in [0.25, 0.3) is 0 Å². The number of aliphatic hydroxyl groups excluding tert-OH is 1. The molecule has 6 atom stereocenters. The van der Waals surface area contributed by atoms with Gasteiger partial charge in [0.2, 0.25) is 0 Å². The number of aliphatic hydroxyl groups is 1. The maximum atomic E-state index is 13.2. The Balaban J connectivity index is 5.25. The lowest BCUT2D eigenvalue weighted by molar-refractivity contribution is -0.161. The van der Waals surface area contributed by atoms with Crippen molar-refractivity contribution in [2.24, 2.45) is 17.8 Å². The normalized spacial score (nSPS) is 14.1. The highest BCUT2D eigenvalue weighted by molar-refractivity contribution is 7.47. The van der Waals surface area contributed by atoms with Crippen LogP contribution in [0.15, 0.2) is 0 Å². The zero-order valence-electron chi connectivity index (χ0n) is 70.6. The van der Waals surface area contributed by atoms with Crippen molar-refractivity contribution >= 4 is 39.5 Å². The van der Waals surface area contributed by atoms with Crippen LogP contribution >= 0.6 is 15.6 Å². The lowest BCUT2D eigenvalue weighted by Gasteiger charge is -2.21. The third-order valence-electron chi connectivity index (χ3n) is 21.0. The zero-order valence-corrected chi connectivity index (χ0v) is 72.4. The van der Waals surface area contributed by atoms with Gasteiger partial charge in [0.1, 0.15) is 19.3 Å². The molecule has 0 aliphatic carbocycles. The van der Waals surface area contributed by atoms with Crippen molar-refractivity contribution in [3.8, 4) is 0 Å². The van der Waals surface area contributed by atoms with E-state index in [0.717, 1.165) is 108 Å². The van der Waals surface area contributed by atoms with E-state index in [2.05, 4.69) is 48.5 Å². The van der Waals surface area contributed by atoms with E-state index in [1.807, 2.05) is 0 Å². The molecular weight excluding hydrogens is 1390 g/mol. The van der Waals surface area contributed by atoms with Gasteiger partial charge in [0.05, 0.1) is 26.4 Å². The second-order valence-corrected chi connectivity index (χ2v) is 35.7. The van der Waals surface area contributed by atoms with Gasteiger partial charge in [-0.25, -0.2) is 9.13 Å². The summed E-state index contributed by atoms with van der Waals surface area (Å²) >= 11 is 0. The summed E-state index contributed by atoms with van der Waals surface area (Å²) in [5.74, 6) is 0.320. The quantitative estimate of drug-likeness (QED) is 0.0222. The lowest BCUT2D eigenvalue weighted by atomic mass is 9.99. The van der Waals surface area contributed by atoms with E-state index in [1.165, 1.54) is 276 Å². The minimum Gasteiger partial charge on any atom is -0.462 e. The second-order valence-electron chi connectivity index (χ2n) is 32.8. The number of esters is 4. The van der Waals surface area contributed by atoms with Gasteiger partial charge in [-0.2, -0.15) is 0 Å².